The Kier molecular flexibility index (Phi) is 1.63. The Morgan fingerprint density at radius 1 is 1.31 bits per heavy atom. The summed E-state index contributed by atoms with van der Waals surface area (Å²) in [7, 11) is 0. The van der Waals surface area contributed by atoms with Crippen molar-refractivity contribution in [3.8, 4) is 0 Å². The van der Waals surface area contributed by atoms with Crippen molar-refractivity contribution in [2.24, 2.45) is 5.84 Å². The molecule has 0 saturated carbocycles. The van der Waals surface area contributed by atoms with Crippen LogP contribution in [0.3, 0.4) is 0 Å². The van der Waals surface area contributed by atoms with Gasteiger partial charge in [-0.25, -0.2) is 19.6 Å². The van der Waals surface area contributed by atoms with Gasteiger partial charge in [0.1, 0.15) is 0 Å². The van der Waals surface area contributed by atoms with Gasteiger partial charge in [0, 0.05) is 12.1 Å². The van der Waals surface area contributed by atoms with E-state index in [1.807, 2.05) is 0 Å². The number of anilines is 1. The fourth-order valence-electron chi connectivity index (χ4n) is 1.07. The van der Waals surface area contributed by atoms with Gasteiger partial charge in [0.15, 0.2) is 11.6 Å². The highest BCUT2D eigenvalue weighted by Crippen LogP contribution is 2.17. The lowest BCUT2D eigenvalue weighted by Gasteiger charge is -1.90. The Morgan fingerprint density at radius 3 is 2.69 bits per heavy atom. The third-order valence-corrected chi connectivity index (χ3v) is 1.66. The van der Waals surface area contributed by atoms with Crippen molar-refractivity contribution in [2.75, 3.05) is 5.43 Å². The molecule has 2 rings (SSSR count). The highest BCUT2D eigenvalue weighted by atomic mass is 19.2. The van der Waals surface area contributed by atoms with E-state index in [9.17, 15) is 8.78 Å². The predicted molar refractivity (Wildman–Crippen MR) is 43.8 cm³/mol. The van der Waals surface area contributed by atoms with Crippen LogP contribution in [0.4, 0.5) is 14.7 Å². The molecule has 68 valence electrons. The molecule has 4 N–H and O–H groups in total. The summed E-state index contributed by atoms with van der Waals surface area (Å²) >= 11 is 0. The molecule has 6 heteroatoms. The molecule has 0 spiro atoms. The van der Waals surface area contributed by atoms with E-state index in [1.54, 1.807) is 0 Å². The molecule has 1 aromatic heterocycles. The number of rotatable bonds is 1. The lowest BCUT2D eigenvalue weighted by atomic mass is 10.3. The molecule has 0 unspecified atom stereocenters. The van der Waals surface area contributed by atoms with Gasteiger partial charge in [-0.3, -0.25) is 5.43 Å². The minimum absolute atomic E-state index is 0.264. The summed E-state index contributed by atoms with van der Waals surface area (Å²) in [4.78, 5) is 6.49. The number of fused-ring (bicyclic) bond motifs is 1. The predicted octanol–water partition coefficient (Wildman–Crippen LogP) is 1.13. The van der Waals surface area contributed by atoms with Gasteiger partial charge in [0.2, 0.25) is 5.95 Å². The molecular formula is C7H6F2N4. The molecule has 0 aliphatic rings. The summed E-state index contributed by atoms with van der Waals surface area (Å²) in [5.74, 6) is 3.48. The standard InChI is InChI=1S/C7H6F2N4/c8-3-1-5-6(2-4(3)9)12-7(11-5)13-10/h1-2H,10H2,(H2,11,12,13). The van der Waals surface area contributed by atoms with Crippen LogP contribution in [0.25, 0.3) is 11.0 Å². The van der Waals surface area contributed by atoms with Crippen molar-refractivity contribution < 1.29 is 8.78 Å². The fourth-order valence-corrected chi connectivity index (χ4v) is 1.07. The van der Waals surface area contributed by atoms with Crippen molar-refractivity contribution in [1.29, 1.82) is 0 Å². The Labute approximate surface area is 71.7 Å². The maximum Gasteiger partial charge on any atom is 0.215 e. The average Bonchev–Trinajstić information content (AvgIpc) is 2.48. The van der Waals surface area contributed by atoms with Crippen LogP contribution in [-0.2, 0) is 0 Å². The largest absolute Gasteiger partial charge is 0.323 e. The van der Waals surface area contributed by atoms with E-state index >= 15 is 0 Å². The van der Waals surface area contributed by atoms with Gasteiger partial charge in [-0.1, -0.05) is 0 Å². The SMILES string of the molecule is NNc1nc2cc(F)c(F)cc2[nH]1. The number of hydrazine groups is 1. The molecule has 0 radical (unpaired) electrons. The number of hydrogen-bond donors (Lipinski definition) is 3. The molecule has 0 aliphatic carbocycles. The smallest absolute Gasteiger partial charge is 0.215 e. The number of nitrogens with zero attached hydrogens (tertiary/aromatic N) is 1. The van der Waals surface area contributed by atoms with Crippen LogP contribution < -0.4 is 11.3 Å². The molecule has 2 aromatic rings. The summed E-state index contributed by atoms with van der Waals surface area (Å²) in [6, 6.07) is 2.03. The van der Waals surface area contributed by atoms with E-state index in [2.05, 4.69) is 15.4 Å². The highest BCUT2D eigenvalue weighted by molar-refractivity contribution is 5.77. The van der Waals surface area contributed by atoms with E-state index in [1.165, 1.54) is 0 Å². The number of nitrogens with one attached hydrogen (secondary N) is 2. The minimum Gasteiger partial charge on any atom is -0.323 e. The number of nitrogen functional groups attached to an aromatic ring is 1. The van der Waals surface area contributed by atoms with E-state index in [0.29, 0.717) is 11.0 Å². The fraction of sp³-hybridized carbons (Fsp3) is 0. The Bertz CT molecular complexity index is 412. The molecule has 0 amide bonds. The van der Waals surface area contributed by atoms with Crippen molar-refractivity contribution in [3.63, 3.8) is 0 Å². The maximum absolute atomic E-state index is 12.7. The van der Waals surface area contributed by atoms with Gasteiger partial charge in [0.05, 0.1) is 11.0 Å². The minimum atomic E-state index is -0.928. The zero-order chi connectivity index (χ0) is 9.42. The number of imidazole rings is 1. The second-order valence-electron chi connectivity index (χ2n) is 2.51. The normalized spacial score (nSPS) is 10.7. The highest BCUT2D eigenvalue weighted by Gasteiger charge is 2.07. The van der Waals surface area contributed by atoms with Crippen LogP contribution in [0.5, 0.6) is 0 Å². The van der Waals surface area contributed by atoms with Gasteiger partial charge >= 0.3 is 0 Å². The summed E-state index contributed by atoms with van der Waals surface area (Å²) in [5.41, 5.74) is 2.96. The number of halogens is 2. The van der Waals surface area contributed by atoms with Crippen LogP contribution >= 0.6 is 0 Å². The first-order valence-electron chi connectivity index (χ1n) is 3.52. The molecule has 1 heterocycles. The number of benzene rings is 1. The maximum atomic E-state index is 12.7. The van der Waals surface area contributed by atoms with E-state index in [0.717, 1.165) is 12.1 Å². The third-order valence-electron chi connectivity index (χ3n) is 1.66. The quantitative estimate of drug-likeness (QED) is 0.459. The number of hydrogen-bond acceptors (Lipinski definition) is 3. The summed E-state index contributed by atoms with van der Waals surface area (Å²) in [5, 5.41) is 0. The van der Waals surface area contributed by atoms with Crippen LogP contribution in [0.2, 0.25) is 0 Å². The van der Waals surface area contributed by atoms with Crippen molar-refractivity contribution in [2.45, 2.75) is 0 Å². The molecule has 0 atom stereocenters. The topological polar surface area (TPSA) is 66.7 Å². The van der Waals surface area contributed by atoms with E-state index < -0.39 is 11.6 Å². The molecule has 0 aliphatic heterocycles. The number of aromatic nitrogens is 2. The summed E-state index contributed by atoms with van der Waals surface area (Å²) in [6.45, 7) is 0. The van der Waals surface area contributed by atoms with Gasteiger partial charge in [0.25, 0.3) is 0 Å². The van der Waals surface area contributed by atoms with Crippen molar-refractivity contribution in [1.82, 2.24) is 9.97 Å². The first-order chi connectivity index (χ1) is 6.20. The first-order valence-corrected chi connectivity index (χ1v) is 3.52. The average molecular weight is 184 g/mol. The second-order valence-corrected chi connectivity index (χ2v) is 2.51. The molecular weight excluding hydrogens is 178 g/mol. The van der Waals surface area contributed by atoms with Gasteiger partial charge < -0.3 is 4.98 Å². The number of aromatic amines is 1. The van der Waals surface area contributed by atoms with Gasteiger partial charge in [-0.15, -0.1) is 0 Å². The molecule has 0 bridgehead atoms. The van der Waals surface area contributed by atoms with Crippen molar-refractivity contribution in [3.05, 3.63) is 23.8 Å². The number of H-pyrrole nitrogens is 1. The molecule has 0 saturated heterocycles. The van der Waals surface area contributed by atoms with E-state index in [-0.39, 0.29) is 5.95 Å². The Hall–Kier alpha value is -1.69. The second kappa shape index (κ2) is 2.67. The molecule has 0 fully saturated rings. The van der Waals surface area contributed by atoms with Crippen LogP contribution in [0.1, 0.15) is 0 Å². The monoisotopic (exact) mass is 184 g/mol. The van der Waals surface area contributed by atoms with Crippen LogP contribution in [-0.4, -0.2) is 9.97 Å². The van der Waals surface area contributed by atoms with Crippen molar-refractivity contribution >= 4 is 17.0 Å². The zero-order valence-corrected chi connectivity index (χ0v) is 6.44. The Balaban J connectivity index is 2.70. The summed E-state index contributed by atoms with van der Waals surface area (Å²) in [6.07, 6.45) is 0. The first kappa shape index (κ1) is 7.93. The lowest BCUT2D eigenvalue weighted by Crippen LogP contribution is -2.07. The lowest BCUT2D eigenvalue weighted by molar-refractivity contribution is 0.510. The molecule has 13 heavy (non-hydrogen) atoms. The third kappa shape index (κ3) is 1.20. The Morgan fingerprint density at radius 2 is 2.00 bits per heavy atom. The van der Waals surface area contributed by atoms with Gasteiger partial charge in [-0.2, -0.15) is 0 Å². The van der Waals surface area contributed by atoms with E-state index in [4.69, 9.17) is 5.84 Å². The van der Waals surface area contributed by atoms with Gasteiger partial charge in [-0.05, 0) is 0 Å². The molecule has 4 nitrogen and oxygen atoms in total. The number of nitrogens with two attached hydrogens (primary N) is 1. The zero-order valence-electron chi connectivity index (χ0n) is 6.44. The summed E-state index contributed by atoms with van der Waals surface area (Å²) < 4.78 is 25.4. The van der Waals surface area contributed by atoms with Crippen LogP contribution in [0.15, 0.2) is 12.1 Å². The molecule has 1 aromatic carbocycles. The van der Waals surface area contributed by atoms with Crippen LogP contribution in [0, 0.1) is 11.6 Å².